The molecule has 0 saturated carbocycles. The molecule has 19 heavy (non-hydrogen) atoms. The molecule has 1 aromatic carbocycles. The Morgan fingerprint density at radius 3 is 2.89 bits per heavy atom. The Hall–Kier alpha value is -1.85. The van der Waals surface area contributed by atoms with Gasteiger partial charge in [-0.05, 0) is 42.9 Å². The molecule has 0 saturated heterocycles. The number of thiocarbonyl (C=S) groups is 1. The predicted molar refractivity (Wildman–Crippen MR) is 81.4 cm³/mol. The standard InChI is InChI=1S/C13H12ClN3OS/c1-8-2-3-9(6-11(8)14)12-5-4-10(18-12)7-16-17-13(15)19/h2-7H,1H3,(H3,15,17,19)/b16-7-. The van der Waals surface area contributed by atoms with Gasteiger partial charge in [0.2, 0.25) is 0 Å². The number of furan rings is 1. The third-order valence-corrected chi connectivity index (χ3v) is 2.95. The van der Waals surface area contributed by atoms with Gasteiger partial charge in [-0.2, -0.15) is 5.10 Å². The molecule has 0 aliphatic heterocycles. The molecule has 0 fully saturated rings. The fourth-order valence-electron chi connectivity index (χ4n) is 1.48. The highest BCUT2D eigenvalue weighted by Gasteiger charge is 2.05. The zero-order valence-electron chi connectivity index (χ0n) is 10.2. The molecule has 1 aromatic heterocycles. The van der Waals surface area contributed by atoms with Gasteiger partial charge in [-0.3, -0.25) is 5.43 Å². The quantitative estimate of drug-likeness (QED) is 0.518. The fraction of sp³-hybridized carbons (Fsp3) is 0.0769. The summed E-state index contributed by atoms with van der Waals surface area (Å²) in [4.78, 5) is 0. The van der Waals surface area contributed by atoms with Crippen LogP contribution in [-0.4, -0.2) is 11.3 Å². The topological polar surface area (TPSA) is 63.5 Å². The van der Waals surface area contributed by atoms with Gasteiger partial charge in [-0.1, -0.05) is 23.7 Å². The van der Waals surface area contributed by atoms with Crippen LogP contribution in [-0.2, 0) is 0 Å². The second kappa shape index (κ2) is 5.86. The third-order valence-electron chi connectivity index (χ3n) is 2.45. The van der Waals surface area contributed by atoms with Crippen LogP contribution in [0.1, 0.15) is 11.3 Å². The Kier molecular flexibility index (Phi) is 4.19. The SMILES string of the molecule is Cc1ccc(-c2ccc(/C=N\NC(N)=S)o2)cc1Cl. The number of nitrogens with zero attached hydrogens (tertiary/aromatic N) is 1. The van der Waals surface area contributed by atoms with Crippen LogP contribution in [0.25, 0.3) is 11.3 Å². The molecule has 2 aromatic rings. The predicted octanol–water partition coefficient (Wildman–Crippen LogP) is 3.08. The first-order valence-electron chi connectivity index (χ1n) is 5.51. The van der Waals surface area contributed by atoms with Gasteiger partial charge in [0, 0.05) is 10.6 Å². The minimum atomic E-state index is 0.105. The van der Waals surface area contributed by atoms with Crippen molar-refractivity contribution in [3.8, 4) is 11.3 Å². The van der Waals surface area contributed by atoms with Gasteiger partial charge in [-0.25, -0.2) is 0 Å². The lowest BCUT2D eigenvalue weighted by atomic mass is 10.1. The van der Waals surface area contributed by atoms with Gasteiger partial charge in [-0.15, -0.1) is 0 Å². The third kappa shape index (κ3) is 3.56. The van der Waals surface area contributed by atoms with E-state index in [0.717, 1.165) is 16.9 Å². The van der Waals surface area contributed by atoms with E-state index in [0.29, 0.717) is 10.8 Å². The molecule has 2 rings (SSSR count). The minimum absolute atomic E-state index is 0.105. The number of nitrogens with two attached hydrogens (primary N) is 1. The Bertz CT molecular complexity index is 637. The van der Waals surface area contributed by atoms with Crippen LogP contribution in [0.2, 0.25) is 5.02 Å². The van der Waals surface area contributed by atoms with E-state index in [1.165, 1.54) is 6.21 Å². The van der Waals surface area contributed by atoms with E-state index in [1.807, 2.05) is 31.2 Å². The maximum Gasteiger partial charge on any atom is 0.184 e. The van der Waals surface area contributed by atoms with Crippen LogP contribution < -0.4 is 11.2 Å². The average Bonchev–Trinajstić information content (AvgIpc) is 2.81. The van der Waals surface area contributed by atoms with Crippen molar-refractivity contribution in [3.05, 3.63) is 46.7 Å². The summed E-state index contributed by atoms with van der Waals surface area (Å²) in [6.07, 6.45) is 1.50. The molecule has 0 atom stereocenters. The normalized spacial score (nSPS) is 10.8. The summed E-state index contributed by atoms with van der Waals surface area (Å²) in [6, 6.07) is 9.41. The fourth-order valence-corrected chi connectivity index (χ4v) is 1.72. The van der Waals surface area contributed by atoms with Crippen LogP contribution in [0.3, 0.4) is 0 Å². The number of aryl methyl sites for hydroxylation is 1. The Morgan fingerprint density at radius 1 is 1.42 bits per heavy atom. The summed E-state index contributed by atoms with van der Waals surface area (Å²) >= 11 is 10.7. The zero-order chi connectivity index (χ0) is 13.8. The van der Waals surface area contributed by atoms with Crippen molar-refractivity contribution in [2.75, 3.05) is 0 Å². The van der Waals surface area contributed by atoms with E-state index in [9.17, 15) is 0 Å². The van der Waals surface area contributed by atoms with E-state index >= 15 is 0 Å². The molecule has 4 nitrogen and oxygen atoms in total. The van der Waals surface area contributed by atoms with Gasteiger partial charge in [0.15, 0.2) is 5.11 Å². The Labute approximate surface area is 121 Å². The van der Waals surface area contributed by atoms with Crippen molar-refractivity contribution >= 4 is 35.1 Å². The molecule has 0 aliphatic rings. The lowest BCUT2D eigenvalue weighted by molar-refractivity contribution is 0.574. The van der Waals surface area contributed by atoms with Crippen LogP contribution in [0.15, 0.2) is 39.9 Å². The highest BCUT2D eigenvalue weighted by Crippen LogP contribution is 2.26. The number of nitrogens with one attached hydrogen (secondary N) is 1. The number of hydrogen-bond acceptors (Lipinski definition) is 3. The molecule has 0 amide bonds. The first-order valence-corrected chi connectivity index (χ1v) is 6.30. The highest BCUT2D eigenvalue weighted by atomic mass is 35.5. The van der Waals surface area contributed by atoms with E-state index in [4.69, 9.17) is 21.8 Å². The first-order chi connectivity index (χ1) is 9.06. The molecule has 1 heterocycles. The molecule has 0 unspecified atom stereocenters. The van der Waals surface area contributed by atoms with Gasteiger partial charge < -0.3 is 10.2 Å². The highest BCUT2D eigenvalue weighted by molar-refractivity contribution is 7.80. The van der Waals surface area contributed by atoms with Crippen LogP contribution in [0.4, 0.5) is 0 Å². The molecule has 0 radical (unpaired) electrons. The summed E-state index contributed by atoms with van der Waals surface area (Å²) in [5.41, 5.74) is 9.64. The van der Waals surface area contributed by atoms with Crippen molar-refractivity contribution < 1.29 is 4.42 Å². The van der Waals surface area contributed by atoms with E-state index < -0.39 is 0 Å². The first kappa shape index (κ1) is 13.6. The summed E-state index contributed by atoms with van der Waals surface area (Å²) in [7, 11) is 0. The summed E-state index contributed by atoms with van der Waals surface area (Å²) < 4.78 is 5.61. The monoisotopic (exact) mass is 293 g/mol. The Balaban J connectivity index is 2.18. The van der Waals surface area contributed by atoms with Gasteiger partial charge in [0.25, 0.3) is 0 Å². The number of hydrogen-bond donors (Lipinski definition) is 2. The second-order valence-corrected chi connectivity index (χ2v) is 4.75. The smallest absolute Gasteiger partial charge is 0.184 e. The summed E-state index contributed by atoms with van der Waals surface area (Å²) in [5, 5.41) is 4.63. The van der Waals surface area contributed by atoms with E-state index in [2.05, 4.69) is 22.7 Å². The Morgan fingerprint density at radius 2 is 2.21 bits per heavy atom. The summed E-state index contributed by atoms with van der Waals surface area (Å²) in [6.45, 7) is 1.95. The maximum atomic E-state index is 6.08. The van der Waals surface area contributed by atoms with Crippen molar-refractivity contribution in [2.24, 2.45) is 10.8 Å². The molecule has 3 N–H and O–H groups in total. The van der Waals surface area contributed by atoms with Crippen LogP contribution in [0, 0.1) is 6.92 Å². The molecule has 98 valence electrons. The van der Waals surface area contributed by atoms with Crippen molar-refractivity contribution in [1.82, 2.24) is 5.43 Å². The number of hydrazone groups is 1. The van der Waals surface area contributed by atoms with Gasteiger partial charge >= 0.3 is 0 Å². The minimum Gasteiger partial charge on any atom is -0.455 e. The van der Waals surface area contributed by atoms with Crippen molar-refractivity contribution in [2.45, 2.75) is 6.92 Å². The molecule has 0 spiro atoms. The van der Waals surface area contributed by atoms with Gasteiger partial charge in [0.05, 0.1) is 6.21 Å². The van der Waals surface area contributed by atoms with Crippen molar-refractivity contribution in [3.63, 3.8) is 0 Å². The lowest BCUT2D eigenvalue weighted by Gasteiger charge is -2.00. The zero-order valence-corrected chi connectivity index (χ0v) is 11.8. The van der Waals surface area contributed by atoms with E-state index in [1.54, 1.807) is 6.07 Å². The molecular formula is C13H12ClN3OS. The molecular weight excluding hydrogens is 282 g/mol. The number of benzene rings is 1. The number of halogens is 1. The molecule has 0 bridgehead atoms. The average molecular weight is 294 g/mol. The van der Waals surface area contributed by atoms with Crippen LogP contribution >= 0.6 is 23.8 Å². The largest absolute Gasteiger partial charge is 0.455 e. The summed E-state index contributed by atoms with van der Waals surface area (Å²) in [5.74, 6) is 1.31. The van der Waals surface area contributed by atoms with Crippen LogP contribution in [0.5, 0.6) is 0 Å². The van der Waals surface area contributed by atoms with Gasteiger partial charge in [0.1, 0.15) is 11.5 Å². The molecule has 0 aliphatic carbocycles. The van der Waals surface area contributed by atoms with E-state index in [-0.39, 0.29) is 5.11 Å². The second-order valence-electron chi connectivity index (χ2n) is 3.90. The maximum absolute atomic E-state index is 6.08. The van der Waals surface area contributed by atoms with Crippen molar-refractivity contribution in [1.29, 1.82) is 0 Å². The lowest BCUT2D eigenvalue weighted by Crippen LogP contribution is -2.23. The molecule has 6 heteroatoms. The number of rotatable bonds is 3.